The molecule has 2 fully saturated rings. The number of halogens is 2. The molecule has 2 N–H and O–H groups in total. The van der Waals surface area contributed by atoms with Gasteiger partial charge in [-0.2, -0.15) is 0 Å². The van der Waals surface area contributed by atoms with Crippen LogP contribution in [0.25, 0.3) is 0 Å². The number of hydrogen-bond donors (Lipinski definition) is 2. The first-order chi connectivity index (χ1) is 11.8. The highest BCUT2D eigenvalue weighted by molar-refractivity contribution is 5.85. The van der Waals surface area contributed by atoms with Crippen LogP contribution in [0.5, 0.6) is 0 Å². The number of amides is 1. The monoisotopic (exact) mass is 403 g/mol. The first kappa shape index (κ1) is 23.2. The molecule has 1 aromatic carbocycles. The van der Waals surface area contributed by atoms with Crippen LogP contribution >= 0.6 is 24.8 Å². The van der Waals surface area contributed by atoms with E-state index in [9.17, 15) is 4.79 Å². The lowest BCUT2D eigenvalue weighted by Gasteiger charge is -2.33. The molecule has 0 radical (unpaired) electrons. The Bertz CT molecular complexity index is 513. The van der Waals surface area contributed by atoms with Gasteiger partial charge in [0.15, 0.2) is 0 Å². The average Bonchev–Trinajstić information content (AvgIpc) is 2.62. The maximum absolute atomic E-state index is 12.1. The highest BCUT2D eigenvalue weighted by atomic mass is 35.5. The molecule has 2 saturated heterocycles. The second kappa shape index (κ2) is 12.5. The van der Waals surface area contributed by atoms with Crippen LogP contribution in [0, 0.1) is 5.92 Å². The maximum Gasteiger partial charge on any atom is 0.220 e. The number of nitrogens with zero attached hydrogens (tertiary/aromatic N) is 1. The highest BCUT2D eigenvalue weighted by Gasteiger charge is 2.22. The maximum atomic E-state index is 12.1. The molecule has 2 heterocycles. The Hall–Kier alpha value is -0.850. The van der Waals surface area contributed by atoms with Gasteiger partial charge in [0.1, 0.15) is 0 Å². The number of nitrogens with one attached hydrogen (secondary N) is 2. The van der Waals surface area contributed by atoms with Crippen molar-refractivity contribution in [3.05, 3.63) is 35.9 Å². The second-order valence-corrected chi connectivity index (χ2v) is 6.92. The van der Waals surface area contributed by atoms with Crippen LogP contribution in [-0.4, -0.2) is 56.2 Å². The van der Waals surface area contributed by atoms with Crippen LogP contribution in [0.4, 0.5) is 0 Å². The lowest BCUT2D eigenvalue weighted by Crippen LogP contribution is -2.47. The van der Waals surface area contributed by atoms with Crippen LogP contribution < -0.4 is 10.6 Å². The predicted molar refractivity (Wildman–Crippen MR) is 109 cm³/mol. The van der Waals surface area contributed by atoms with E-state index in [-0.39, 0.29) is 36.8 Å². The Morgan fingerprint density at radius 2 is 1.92 bits per heavy atom. The summed E-state index contributed by atoms with van der Waals surface area (Å²) in [6.07, 6.45) is 2.97. The molecule has 1 unspecified atom stereocenters. The Labute approximate surface area is 169 Å². The van der Waals surface area contributed by atoms with E-state index in [0.29, 0.717) is 18.9 Å². The van der Waals surface area contributed by atoms with Crippen molar-refractivity contribution in [1.29, 1.82) is 0 Å². The molecule has 0 spiro atoms. The van der Waals surface area contributed by atoms with E-state index in [2.05, 4.69) is 39.8 Å². The lowest BCUT2D eigenvalue weighted by atomic mass is 9.94. The summed E-state index contributed by atoms with van der Waals surface area (Å²) in [4.78, 5) is 14.5. The number of rotatable bonds is 6. The minimum atomic E-state index is 0. The summed E-state index contributed by atoms with van der Waals surface area (Å²) in [7, 11) is 0. The fourth-order valence-corrected chi connectivity index (χ4v) is 3.54. The highest BCUT2D eigenvalue weighted by Crippen LogP contribution is 2.15. The quantitative estimate of drug-likeness (QED) is 0.764. The van der Waals surface area contributed by atoms with E-state index >= 15 is 0 Å². The molecule has 1 atom stereocenters. The molecule has 3 rings (SSSR count). The number of morpholine rings is 1. The summed E-state index contributed by atoms with van der Waals surface area (Å²) >= 11 is 0. The van der Waals surface area contributed by atoms with Crippen LogP contribution in [0.3, 0.4) is 0 Å². The minimum absolute atomic E-state index is 0. The zero-order chi connectivity index (χ0) is 16.6. The number of benzene rings is 1. The van der Waals surface area contributed by atoms with Gasteiger partial charge in [-0.05, 0) is 37.4 Å². The smallest absolute Gasteiger partial charge is 0.220 e. The second-order valence-electron chi connectivity index (χ2n) is 6.92. The molecule has 7 heteroatoms. The number of hydrogen-bond acceptors (Lipinski definition) is 4. The van der Waals surface area contributed by atoms with Crippen molar-refractivity contribution < 1.29 is 9.53 Å². The van der Waals surface area contributed by atoms with Gasteiger partial charge in [-0.25, -0.2) is 0 Å². The van der Waals surface area contributed by atoms with Gasteiger partial charge in [0.2, 0.25) is 5.91 Å². The molecule has 0 aromatic heterocycles. The van der Waals surface area contributed by atoms with E-state index in [1.165, 1.54) is 5.56 Å². The molecule has 0 bridgehead atoms. The third kappa shape index (κ3) is 7.80. The first-order valence-electron chi connectivity index (χ1n) is 9.15. The summed E-state index contributed by atoms with van der Waals surface area (Å²) in [6, 6.07) is 10.5. The van der Waals surface area contributed by atoms with Crippen LogP contribution in [-0.2, 0) is 16.1 Å². The van der Waals surface area contributed by atoms with Crippen molar-refractivity contribution in [2.24, 2.45) is 5.92 Å². The van der Waals surface area contributed by atoms with Crippen molar-refractivity contribution in [3.63, 3.8) is 0 Å². The molecule has 0 aliphatic carbocycles. The van der Waals surface area contributed by atoms with E-state index in [4.69, 9.17) is 4.74 Å². The van der Waals surface area contributed by atoms with Crippen molar-refractivity contribution in [2.45, 2.75) is 31.9 Å². The Morgan fingerprint density at radius 1 is 1.19 bits per heavy atom. The SMILES string of the molecule is Cl.Cl.O=C(CC1CCNCC1)NCC1CN(Cc2ccccc2)CCO1. The Balaban J connectivity index is 0.00000169. The molecule has 148 valence electrons. The Morgan fingerprint density at radius 3 is 2.65 bits per heavy atom. The largest absolute Gasteiger partial charge is 0.374 e. The zero-order valence-corrected chi connectivity index (χ0v) is 16.8. The standard InChI is InChI=1S/C19H29N3O2.2ClH/c23-19(12-16-6-8-20-9-7-16)21-13-18-15-22(10-11-24-18)14-17-4-2-1-3-5-17;;/h1-5,16,18,20H,6-15H2,(H,21,23);2*1H. The fourth-order valence-electron chi connectivity index (χ4n) is 3.54. The van der Waals surface area contributed by atoms with Crippen LogP contribution in [0.2, 0.25) is 0 Å². The van der Waals surface area contributed by atoms with Crippen LogP contribution in [0.1, 0.15) is 24.8 Å². The summed E-state index contributed by atoms with van der Waals surface area (Å²) in [5.41, 5.74) is 1.33. The van der Waals surface area contributed by atoms with Crippen molar-refractivity contribution in [1.82, 2.24) is 15.5 Å². The van der Waals surface area contributed by atoms with Gasteiger partial charge in [-0.15, -0.1) is 24.8 Å². The van der Waals surface area contributed by atoms with Crippen molar-refractivity contribution in [2.75, 3.05) is 39.3 Å². The number of ether oxygens (including phenoxy) is 1. The van der Waals surface area contributed by atoms with Gasteiger partial charge in [0.05, 0.1) is 12.7 Å². The van der Waals surface area contributed by atoms with Gasteiger partial charge < -0.3 is 15.4 Å². The third-order valence-electron chi connectivity index (χ3n) is 4.93. The van der Waals surface area contributed by atoms with Gasteiger partial charge in [0, 0.05) is 32.6 Å². The van der Waals surface area contributed by atoms with Crippen molar-refractivity contribution in [3.8, 4) is 0 Å². The van der Waals surface area contributed by atoms with E-state index in [1.54, 1.807) is 0 Å². The molecule has 2 aliphatic heterocycles. The zero-order valence-electron chi connectivity index (χ0n) is 15.2. The first-order valence-corrected chi connectivity index (χ1v) is 9.15. The summed E-state index contributed by atoms with van der Waals surface area (Å²) in [6.45, 7) is 6.22. The van der Waals surface area contributed by atoms with E-state index < -0.39 is 0 Å². The lowest BCUT2D eigenvalue weighted by molar-refractivity contribution is -0.123. The molecule has 1 aromatic rings. The summed E-state index contributed by atoms with van der Waals surface area (Å²) in [5.74, 6) is 0.707. The molecule has 0 saturated carbocycles. The molecule has 2 aliphatic rings. The molecule has 26 heavy (non-hydrogen) atoms. The Kier molecular flexibility index (Phi) is 11.2. The van der Waals surface area contributed by atoms with Gasteiger partial charge in [-0.1, -0.05) is 30.3 Å². The van der Waals surface area contributed by atoms with Crippen LogP contribution in [0.15, 0.2) is 30.3 Å². The van der Waals surface area contributed by atoms with Gasteiger partial charge in [0.25, 0.3) is 0 Å². The average molecular weight is 404 g/mol. The van der Waals surface area contributed by atoms with E-state index in [0.717, 1.165) is 52.2 Å². The molecular weight excluding hydrogens is 373 g/mol. The normalized spacial score (nSPS) is 21.3. The minimum Gasteiger partial charge on any atom is -0.374 e. The summed E-state index contributed by atoms with van der Waals surface area (Å²) in [5, 5.41) is 6.41. The van der Waals surface area contributed by atoms with Crippen molar-refractivity contribution >= 4 is 30.7 Å². The molecule has 5 nitrogen and oxygen atoms in total. The topological polar surface area (TPSA) is 53.6 Å². The number of carbonyl (C=O) groups is 1. The fraction of sp³-hybridized carbons (Fsp3) is 0.632. The molecule has 1 amide bonds. The summed E-state index contributed by atoms with van der Waals surface area (Å²) < 4.78 is 5.82. The molecular formula is C19H31Cl2N3O2. The van der Waals surface area contributed by atoms with Gasteiger partial charge in [-0.3, -0.25) is 9.69 Å². The number of carbonyl (C=O) groups excluding carboxylic acids is 1. The third-order valence-corrected chi connectivity index (χ3v) is 4.93. The predicted octanol–water partition coefficient (Wildman–Crippen LogP) is 2.24. The number of piperidine rings is 1. The van der Waals surface area contributed by atoms with E-state index in [1.807, 2.05) is 6.07 Å². The van der Waals surface area contributed by atoms with Gasteiger partial charge >= 0.3 is 0 Å².